The minimum atomic E-state index is -0.396. The number of nitrogens with one attached hydrogen (secondary N) is 1. The second-order valence-corrected chi connectivity index (χ2v) is 8.10. The number of hydrogen-bond donors (Lipinski definition) is 1. The number of fused-ring (bicyclic) bond motifs is 3. The lowest BCUT2D eigenvalue weighted by molar-refractivity contribution is -0.117. The minimum absolute atomic E-state index is 0.196. The van der Waals surface area contributed by atoms with E-state index in [4.69, 9.17) is 11.6 Å². The summed E-state index contributed by atoms with van der Waals surface area (Å²) >= 11 is 5.98. The summed E-state index contributed by atoms with van der Waals surface area (Å²) in [4.78, 5) is 25.4. The van der Waals surface area contributed by atoms with Gasteiger partial charge in [0.05, 0.1) is 5.69 Å². The Kier molecular flexibility index (Phi) is 4.79. The first-order valence-electron chi connectivity index (χ1n) is 10.00. The van der Waals surface area contributed by atoms with Crippen molar-refractivity contribution in [3.8, 4) is 11.3 Å². The van der Waals surface area contributed by atoms with E-state index in [0.29, 0.717) is 16.2 Å². The summed E-state index contributed by atoms with van der Waals surface area (Å²) in [6, 6.07) is 15.0. The van der Waals surface area contributed by atoms with E-state index in [9.17, 15) is 9.59 Å². The van der Waals surface area contributed by atoms with Gasteiger partial charge in [-0.2, -0.15) is 5.10 Å². The zero-order chi connectivity index (χ0) is 22.4. The zero-order valence-electron chi connectivity index (χ0n) is 17.4. The molecule has 0 saturated carbocycles. The second kappa shape index (κ2) is 7.65. The molecule has 0 aliphatic rings. The Labute approximate surface area is 187 Å². The quantitative estimate of drug-likeness (QED) is 0.456. The maximum Gasteiger partial charge on any atom is 0.350 e. The van der Waals surface area contributed by atoms with E-state index in [0.717, 1.165) is 32.8 Å². The molecule has 2 aromatic carbocycles. The van der Waals surface area contributed by atoms with E-state index < -0.39 is 5.69 Å². The van der Waals surface area contributed by atoms with E-state index in [1.54, 1.807) is 29.0 Å². The van der Waals surface area contributed by atoms with Gasteiger partial charge in [0.2, 0.25) is 5.91 Å². The number of carbonyl (C=O) groups excluding carboxylic acids is 1. The number of aromatic nitrogens is 5. The fourth-order valence-corrected chi connectivity index (χ4v) is 3.72. The standard InChI is InChI=1S/C23H19ClN6O2/c1-14-3-4-15(2)18(11-14)25-21(31)13-30-23(32)28-9-10-29-20(22(28)27-30)12-19(26-29)16-5-7-17(24)8-6-16/h3-12H,13H2,1-2H3,(H,25,31). The summed E-state index contributed by atoms with van der Waals surface area (Å²) in [6.07, 6.45) is 3.28. The fraction of sp³-hybridized carbons (Fsp3) is 0.130. The zero-order valence-corrected chi connectivity index (χ0v) is 18.2. The molecule has 160 valence electrons. The van der Waals surface area contributed by atoms with Gasteiger partial charge in [0.1, 0.15) is 12.1 Å². The number of anilines is 1. The van der Waals surface area contributed by atoms with Crippen LogP contribution in [0.3, 0.4) is 0 Å². The molecule has 0 atom stereocenters. The molecule has 0 aliphatic heterocycles. The van der Waals surface area contributed by atoms with Crippen LogP contribution in [0.15, 0.2) is 65.7 Å². The van der Waals surface area contributed by atoms with Crippen LogP contribution in [0.2, 0.25) is 5.02 Å². The van der Waals surface area contributed by atoms with Crippen molar-refractivity contribution >= 4 is 34.4 Å². The average molecular weight is 447 g/mol. The Hall–Kier alpha value is -3.91. The molecule has 5 aromatic rings. The highest BCUT2D eigenvalue weighted by atomic mass is 35.5. The number of hydrogen-bond acceptors (Lipinski definition) is 4. The molecule has 3 aromatic heterocycles. The minimum Gasteiger partial charge on any atom is -0.324 e. The van der Waals surface area contributed by atoms with Gasteiger partial charge in [-0.25, -0.2) is 18.4 Å². The predicted molar refractivity (Wildman–Crippen MR) is 123 cm³/mol. The number of rotatable bonds is 4. The molecule has 0 spiro atoms. The molecular formula is C23H19ClN6O2. The number of amides is 1. The summed E-state index contributed by atoms with van der Waals surface area (Å²) < 4.78 is 4.23. The van der Waals surface area contributed by atoms with E-state index in [2.05, 4.69) is 15.5 Å². The highest BCUT2D eigenvalue weighted by molar-refractivity contribution is 6.30. The number of benzene rings is 2. The molecule has 1 N–H and O–H groups in total. The number of aryl methyl sites for hydroxylation is 2. The molecule has 0 radical (unpaired) electrons. The van der Waals surface area contributed by atoms with Crippen molar-refractivity contribution in [2.24, 2.45) is 0 Å². The summed E-state index contributed by atoms with van der Waals surface area (Å²) in [7, 11) is 0. The fourth-order valence-electron chi connectivity index (χ4n) is 3.60. The smallest absolute Gasteiger partial charge is 0.324 e. The number of carbonyl (C=O) groups is 1. The molecule has 0 fully saturated rings. The maximum atomic E-state index is 12.8. The van der Waals surface area contributed by atoms with Gasteiger partial charge >= 0.3 is 5.69 Å². The Morgan fingerprint density at radius 3 is 2.59 bits per heavy atom. The number of halogens is 1. The monoisotopic (exact) mass is 446 g/mol. The van der Waals surface area contributed by atoms with E-state index in [-0.39, 0.29) is 12.5 Å². The van der Waals surface area contributed by atoms with Crippen molar-refractivity contribution < 1.29 is 4.79 Å². The third-order valence-electron chi connectivity index (χ3n) is 5.29. The van der Waals surface area contributed by atoms with Gasteiger partial charge < -0.3 is 5.32 Å². The van der Waals surface area contributed by atoms with Crippen LogP contribution in [0.5, 0.6) is 0 Å². The van der Waals surface area contributed by atoms with Gasteiger partial charge in [0.25, 0.3) is 0 Å². The van der Waals surface area contributed by atoms with Crippen LogP contribution in [0.4, 0.5) is 5.69 Å². The van der Waals surface area contributed by atoms with Crippen molar-refractivity contribution in [3.63, 3.8) is 0 Å². The Morgan fingerprint density at radius 2 is 1.81 bits per heavy atom. The van der Waals surface area contributed by atoms with Crippen molar-refractivity contribution in [3.05, 3.63) is 87.6 Å². The van der Waals surface area contributed by atoms with Crippen LogP contribution < -0.4 is 11.0 Å². The molecule has 0 aliphatic carbocycles. The molecule has 8 nitrogen and oxygen atoms in total. The van der Waals surface area contributed by atoms with Gasteiger partial charge in [0, 0.05) is 28.7 Å². The first-order valence-corrected chi connectivity index (χ1v) is 10.4. The highest BCUT2D eigenvalue weighted by Gasteiger charge is 2.16. The van der Waals surface area contributed by atoms with Gasteiger partial charge in [-0.3, -0.25) is 4.79 Å². The van der Waals surface area contributed by atoms with E-state index >= 15 is 0 Å². The van der Waals surface area contributed by atoms with Crippen molar-refractivity contribution in [1.29, 1.82) is 0 Å². The lowest BCUT2D eigenvalue weighted by atomic mass is 10.1. The summed E-state index contributed by atoms with van der Waals surface area (Å²) in [5, 5.41) is 12.5. The molecule has 3 heterocycles. The highest BCUT2D eigenvalue weighted by Crippen LogP contribution is 2.23. The van der Waals surface area contributed by atoms with Gasteiger partial charge in [-0.05, 0) is 49.2 Å². The van der Waals surface area contributed by atoms with Gasteiger partial charge in [-0.15, -0.1) is 5.10 Å². The molecule has 0 unspecified atom stereocenters. The van der Waals surface area contributed by atoms with Crippen molar-refractivity contribution in [1.82, 2.24) is 23.8 Å². The normalized spacial score (nSPS) is 11.3. The summed E-state index contributed by atoms with van der Waals surface area (Å²) in [5.41, 5.74) is 5.01. The van der Waals surface area contributed by atoms with Crippen LogP contribution in [-0.2, 0) is 11.3 Å². The van der Waals surface area contributed by atoms with E-state index in [1.165, 1.54) is 4.40 Å². The van der Waals surface area contributed by atoms with E-state index in [1.807, 2.05) is 50.2 Å². The number of nitrogens with zero attached hydrogens (tertiary/aromatic N) is 5. The van der Waals surface area contributed by atoms with Crippen LogP contribution in [0.25, 0.3) is 22.4 Å². The topological polar surface area (TPSA) is 85.7 Å². The van der Waals surface area contributed by atoms with Crippen LogP contribution in [0, 0.1) is 13.8 Å². The third-order valence-corrected chi connectivity index (χ3v) is 5.54. The molecule has 0 bridgehead atoms. The van der Waals surface area contributed by atoms with Crippen LogP contribution in [0.1, 0.15) is 11.1 Å². The summed E-state index contributed by atoms with van der Waals surface area (Å²) in [5.74, 6) is -0.324. The van der Waals surface area contributed by atoms with Gasteiger partial charge in [-0.1, -0.05) is 35.9 Å². The van der Waals surface area contributed by atoms with Crippen molar-refractivity contribution in [2.75, 3.05) is 5.32 Å². The maximum absolute atomic E-state index is 12.8. The lowest BCUT2D eigenvalue weighted by Gasteiger charge is -2.08. The summed E-state index contributed by atoms with van der Waals surface area (Å²) in [6.45, 7) is 3.68. The Bertz CT molecular complexity index is 1550. The molecule has 1 amide bonds. The van der Waals surface area contributed by atoms with Crippen LogP contribution in [-0.4, -0.2) is 29.7 Å². The molecule has 32 heavy (non-hydrogen) atoms. The largest absolute Gasteiger partial charge is 0.350 e. The Morgan fingerprint density at radius 1 is 1.03 bits per heavy atom. The lowest BCUT2D eigenvalue weighted by Crippen LogP contribution is -2.28. The van der Waals surface area contributed by atoms with Gasteiger partial charge in [0.15, 0.2) is 5.65 Å². The molecule has 0 saturated heterocycles. The van der Waals surface area contributed by atoms with Crippen molar-refractivity contribution in [2.45, 2.75) is 20.4 Å². The van der Waals surface area contributed by atoms with Crippen LogP contribution >= 0.6 is 11.6 Å². The second-order valence-electron chi connectivity index (χ2n) is 7.66. The Balaban J connectivity index is 1.49. The third kappa shape index (κ3) is 3.54. The first kappa shape index (κ1) is 20.0. The SMILES string of the molecule is Cc1ccc(C)c(NC(=O)Cn2nc3c4cc(-c5ccc(Cl)cc5)nn4ccn3c2=O)c1. The molecule has 9 heteroatoms. The molecular weight excluding hydrogens is 428 g/mol. The first-order chi connectivity index (χ1) is 15.4. The predicted octanol–water partition coefficient (Wildman–Crippen LogP) is 3.72. The molecule has 5 rings (SSSR count). The average Bonchev–Trinajstić information content (AvgIpc) is 3.33.